The Morgan fingerprint density at radius 2 is 2.15 bits per heavy atom. The highest BCUT2D eigenvalue weighted by atomic mass is 16.5. The molecule has 1 aliphatic carbocycles. The minimum Gasteiger partial charge on any atom is -0.494 e. The van der Waals surface area contributed by atoms with Gasteiger partial charge in [-0.2, -0.15) is 0 Å². The molecule has 110 valence electrons. The number of benzene rings is 1. The van der Waals surface area contributed by atoms with Crippen LogP contribution in [0.4, 0.5) is 0 Å². The van der Waals surface area contributed by atoms with Crippen LogP contribution >= 0.6 is 0 Å². The molecule has 1 saturated carbocycles. The average molecular weight is 276 g/mol. The van der Waals surface area contributed by atoms with E-state index in [0.717, 1.165) is 31.4 Å². The smallest absolute Gasteiger partial charge is 0.308 e. The van der Waals surface area contributed by atoms with Gasteiger partial charge in [-0.15, -0.1) is 0 Å². The molecule has 2 atom stereocenters. The fourth-order valence-electron chi connectivity index (χ4n) is 2.69. The van der Waals surface area contributed by atoms with Crippen molar-refractivity contribution in [1.82, 2.24) is 0 Å². The van der Waals surface area contributed by atoms with Crippen LogP contribution in [0.3, 0.4) is 0 Å². The highest BCUT2D eigenvalue weighted by Gasteiger charge is 2.43. The van der Waals surface area contributed by atoms with Gasteiger partial charge in [0.05, 0.1) is 19.6 Å². The van der Waals surface area contributed by atoms with E-state index in [9.17, 15) is 4.79 Å². The van der Waals surface area contributed by atoms with Crippen LogP contribution in [0, 0.1) is 11.8 Å². The summed E-state index contributed by atoms with van der Waals surface area (Å²) in [5, 5.41) is 0. The van der Waals surface area contributed by atoms with E-state index in [1.165, 1.54) is 18.2 Å². The monoisotopic (exact) mass is 276 g/mol. The van der Waals surface area contributed by atoms with Crippen molar-refractivity contribution in [1.29, 1.82) is 0 Å². The van der Waals surface area contributed by atoms with Gasteiger partial charge >= 0.3 is 5.97 Å². The molecule has 1 aliphatic rings. The maximum Gasteiger partial charge on any atom is 0.308 e. The van der Waals surface area contributed by atoms with E-state index in [0.29, 0.717) is 12.5 Å². The van der Waals surface area contributed by atoms with Gasteiger partial charge < -0.3 is 9.47 Å². The minimum atomic E-state index is -0.0534. The summed E-state index contributed by atoms with van der Waals surface area (Å²) in [6.07, 6.45) is 4.02. The number of ether oxygens (including phenoxy) is 2. The third-order valence-electron chi connectivity index (χ3n) is 4.04. The van der Waals surface area contributed by atoms with Crippen molar-refractivity contribution >= 4 is 5.97 Å². The standard InChI is InChI=1S/C17H24O3/c1-4-12-6-9-16(20-5-2)14(10-12)8-7-13-11-15(13)17(18)19-3/h6,9-10,13,15H,4-5,7-8,11H2,1-3H3. The Hall–Kier alpha value is -1.51. The summed E-state index contributed by atoms with van der Waals surface area (Å²) >= 11 is 0. The Morgan fingerprint density at radius 3 is 2.80 bits per heavy atom. The number of aryl methyl sites for hydroxylation is 2. The molecule has 3 nitrogen and oxygen atoms in total. The predicted molar refractivity (Wildman–Crippen MR) is 78.9 cm³/mol. The summed E-state index contributed by atoms with van der Waals surface area (Å²) < 4.78 is 10.5. The second-order valence-corrected chi connectivity index (χ2v) is 5.39. The van der Waals surface area contributed by atoms with Crippen LogP contribution in [0.2, 0.25) is 0 Å². The van der Waals surface area contributed by atoms with E-state index in [-0.39, 0.29) is 11.9 Å². The molecule has 0 aliphatic heterocycles. The molecule has 3 heteroatoms. The van der Waals surface area contributed by atoms with Gasteiger partial charge in [-0.3, -0.25) is 4.79 Å². The Labute approximate surface area is 121 Å². The van der Waals surface area contributed by atoms with Gasteiger partial charge in [0.15, 0.2) is 0 Å². The van der Waals surface area contributed by atoms with Crippen molar-refractivity contribution in [2.24, 2.45) is 11.8 Å². The fraction of sp³-hybridized carbons (Fsp3) is 0.588. The maximum atomic E-state index is 11.4. The van der Waals surface area contributed by atoms with Gasteiger partial charge in [0.1, 0.15) is 5.75 Å². The van der Waals surface area contributed by atoms with E-state index >= 15 is 0 Å². The molecule has 1 fully saturated rings. The summed E-state index contributed by atoms with van der Waals surface area (Å²) in [5.74, 6) is 1.55. The number of esters is 1. The van der Waals surface area contributed by atoms with Crippen molar-refractivity contribution < 1.29 is 14.3 Å². The molecule has 2 unspecified atom stereocenters. The maximum absolute atomic E-state index is 11.4. The van der Waals surface area contributed by atoms with Crippen LogP contribution < -0.4 is 4.74 Å². The lowest BCUT2D eigenvalue weighted by Crippen LogP contribution is -2.05. The van der Waals surface area contributed by atoms with Crippen LogP contribution in [0.15, 0.2) is 18.2 Å². The predicted octanol–water partition coefficient (Wildman–Crippen LogP) is 3.39. The van der Waals surface area contributed by atoms with Crippen LogP contribution in [0.25, 0.3) is 0 Å². The van der Waals surface area contributed by atoms with E-state index in [1.54, 1.807) is 0 Å². The van der Waals surface area contributed by atoms with Crippen molar-refractivity contribution in [3.63, 3.8) is 0 Å². The minimum absolute atomic E-state index is 0.0534. The Morgan fingerprint density at radius 1 is 1.35 bits per heavy atom. The lowest BCUT2D eigenvalue weighted by Gasteiger charge is -2.11. The first kappa shape index (κ1) is 14.9. The molecule has 0 N–H and O–H groups in total. The average Bonchev–Trinajstić information content (AvgIpc) is 3.25. The molecule has 0 spiro atoms. The molecule has 20 heavy (non-hydrogen) atoms. The molecule has 0 radical (unpaired) electrons. The first-order valence-corrected chi connectivity index (χ1v) is 7.52. The van der Waals surface area contributed by atoms with Crippen LogP contribution in [0.5, 0.6) is 5.75 Å². The van der Waals surface area contributed by atoms with Crippen LogP contribution in [-0.2, 0) is 22.4 Å². The Balaban J connectivity index is 1.96. The number of carbonyl (C=O) groups excluding carboxylic acids is 1. The highest BCUT2D eigenvalue weighted by molar-refractivity contribution is 5.75. The topological polar surface area (TPSA) is 35.5 Å². The van der Waals surface area contributed by atoms with E-state index in [2.05, 4.69) is 25.1 Å². The zero-order valence-corrected chi connectivity index (χ0v) is 12.6. The number of methoxy groups -OCH3 is 1. The van der Waals surface area contributed by atoms with Gasteiger partial charge in [0.25, 0.3) is 0 Å². The zero-order valence-electron chi connectivity index (χ0n) is 12.6. The molecule has 0 bridgehead atoms. The lowest BCUT2D eigenvalue weighted by molar-refractivity contribution is -0.142. The van der Waals surface area contributed by atoms with E-state index in [4.69, 9.17) is 9.47 Å². The summed E-state index contributed by atoms with van der Waals surface area (Å²) in [6, 6.07) is 6.44. The third-order valence-corrected chi connectivity index (χ3v) is 4.04. The third kappa shape index (κ3) is 3.53. The summed E-state index contributed by atoms with van der Waals surface area (Å²) in [6.45, 7) is 4.85. The second-order valence-electron chi connectivity index (χ2n) is 5.39. The summed E-state index contributed by atoms with van der Waals surface area (Å²) in [7, 11) is 1.47. The Bertz CT molecular complexity index is 467. The van der Waals surface area contributed by atoms with E-state index < -0.39 is 0 Å². The molecule has 0 heterocycles. The van der Waals surface area contributed by atoms with Crippen molar-refractivity contribution in [3.8, 4) is 5.75 Å². The number of carbonyl (C=O) groups is 1. The SMILES string of the molecule is CCOc1ccc(CC)cc1CCC1CC1C(=O)OC. The van der Waals surface area contributed by atoms with Crippen LogP contribution in [-0.4, -0.2) is 19.7 Å². The first-order valence-electron chi connectivity index (χ1n) is 7.52. The molecule has 0 amide bonds. The molecule has 1 aromatic rings. The molecule has 1 aromatic carbocycles. The number of hydrogen-bond donors (Lipinski definition) is 0. The molecule has 0 saturated heterocycles. The largest absolute Gasteiger partial charge is 0.494 e. The molecular formula is C17H24O3. The van der Waals surface area contributed by atoms with Gasteiger partial charge in [-0.05, 0) is 55.7 Å². The summed E-state index contributed by atoms with van der Waals surface area (Å²) in [4.78, 5) is 11.4. The number of rotatable bonds is 7. The van der Waals surface area contributed by atoms with Gasteiger partial charge in [0, 0.05) is 0 Å². The second kappa shape index (κ2) is 6.78. The number of hydrogen-bond acceptors (Lipinski definition) is 3. The first-order chi connectivity index (χ1) is 9.69. The van der Waals surface area contributed by atoms with Gasteiger partial charge in [-0.1, -0.05) is 19.1 Å². The lowest BCUT2D eigenvalue weighted by atomic mass is 10.0. The molecular weight excluding hydrogens is 252 g/mol. The van der Waals surface area contributed by atoms with Crippen molar-refractivity contribution in [2.75, 3.05) is 13.7 Å². The van der Waals surface area contributed by atoms with Crippen LogP contribution in [0.1, 0.15) is 37.8 Å². The highest BCUT2D eigenvalue weighted by Crippen LogP contribution is 2.43. The Kier molecular flexibility index (Phi) is 5.05. The van der Waals surface area contributed by atoms with Crippen molar-refractivity contribution in [2.45, 2.75) is 39.5 Å². The molecule has 2 rings (SSSR count). The normalized spacial score (nSPS) is 20.6. The summed E-state index contributed by atoms with van der Waals surface area (Å²) in [5.41, 5.74) is 2.60. The zero-order chi connectivity index (χ0) is 14.5. The van der Waals surface area contributed by atoms with E-state index in [1.807, 2.05) is 6.92 Å². The van der Waals surface area contributed by atoms with Crippen molar-refractivity contribution in [3.05, 3.63) is 29.3 Å². The molecule has 0 aromatic heterocycles. The quantitative estimate of drug-likeness (QED) is 0.716. The fourth-order valence-corrected chi connectivity index (χ4v) is 2.69. The van der Waals surface area contributed by atoms with Gasteiger partial charge in [0.2, 0.25) is 0 Å². The van der Waals surface area contributed by atoms with Gasteiger partial charge in [-0.25, -0.2) is 0 Å².